The Morgan fingerprint density at radius 1 is 1.25 bits per heavy atom. The molecule has 1 N–H and O–H groups in total. The molecule has 0 aliphatic carbocycles. The number of rotatable bonds is 3. The zero-order valence-corrected chi connectivity index (χ0v) is 12.5. The minimum absolute atomic E-state index is 0.225. The van der Waals surface area contributed by atoms with Crippen molar-refractivity contribution >= 4 is 11.6 Å². The van der Waals surface area contributed by atoms with Crippen molar-refractivity contribution in [1.29, 1.82) is 0 Å². The molecule has 1 atom stereocenters. The summed E-state index contributed by atoms with van der Waals surface area (Å²) in [6.45, 7) is 3.00. The van der Waals surface area contributed by atoms with Gasteiger partial charge in [0, 0.05) is 23.6 Å². The molecule has 2 aromatic rings. The van der Waals surface area contributed by atoms with Crippen LogP contribution in [-0.2, 0) is 6.42 Å². The number of ether oxygens (including phenoxy) is 1. The van der Waals surface area contributed by atoms with E-state index in [0.717, 1.165) is 34.9 Å². The van der Waals surface area contributed by atoms with Crippen LogP contribution < -0.4 is 10.1 Å². The Hall–Kier alpha value is -1.51. The number of aryl methyl sites for hydroxylation is 1. The molecule has 1 unspecified atom stereocenters. The molecule has 0 bridgehead atoms. The number of hydrogen-bond acceptors (Lipinski definition) is 2. The SMILES string of the molecule is CNCC1Cc2cc(C)cc(-c3ccc(Cl)cc3)c2O1. The molecule has 2 aromatic carbocycles. The van der Waals surface area contributed by atoms with E-state index in [1.165, 1.54) is 11.1 Å². The lowest BCUT2D eigenvalue weighted by atomic mass is 9.98. The van der Waals surface area contributed by atoms with E-state index in [1.807, 2.05) is 31.3 Å². The zero-order valence-electron chi connectivity index (χ0n) is 11.7. The number of benzene rings is 2. The van der Waals surface area contributed by atoms with Gasteiger partial charge in [0.15, 0.2) is 0 Å². The first-order valence-electron chi connectivity index (χ1n) is 6.88. The zero-order chi connectivity index (χ0) is 14.1. The smallest absolute Gasteiger partial charge is 0.130 e. The van der Waals surface area contributed by atoms with Gasteiger partial charge in [0.2, 0.25) is 0 Å². The Morgan fingerprint density at radius 2 is 2.00 bits per heavy atom. The van der Waals surface area contributed by atoms with Crippen molar-refractivity contribution < 1.29 is 4.74 Å². The number of likely N-dealkylation sites (N-methyl/N-ethyl adjacent to an activating group) is 1. The van der Waals surface area contributed by atoms with Gasteiger partial charge < -0.3 is 10.1 Å². The van der Waals surface area contributed by atoms with Gasteiger partial charge in [-0.1, -0.05) is 29.8 Å². The Morgan fingerprint density at radius 3 is 2.70 bits per heavy atom. The fourth-order valence-electron chi connectivity index (χ4n) is 2.78. The summed E-state index contributed by atoms with van der Waals surface area (Å²) in [4.78, 5) is 0. The van der Waals surface area contributed by atoms with Gasteiger partial charge in [0.1, 0.15) is 11.9 Å². The lowest BCUT2D eigenvalue weighted by Gasteiger charge is -2.13. The van der Waals surface area contributed by atoms with Crippen molar-refractivity contribution in [2.45, 2.75) is 19.4 Å². The van der Waals surface area contributed by atoms with Crippen LogP contribution in [0, 0.1) is 6.92 Å². The van der Waals surface area contributed by atoms with Gasteiger partial charge >= 0.3 is 0 Å². The number of halogens is 1. The summed E-state index contributed by atoms with van der Waals surface area (Å²) in [5.74, 6) is 1.03. The monoisotopic (exact) mass is 287 g/mol. The molecule has 1 aliphatic heterocycles. The average molecular weight is 288 g/mol. The van der Waals surface area contributed by atoms with Gasteiger partial charge in [-0.3, -0.25) is 0 Å². The van der Waals surface area contributed by atoms with E-state index in [-0.39, 0.29) is 6.10 Å². The van der Waals surface area contributed by atoms with E-state index in [0.29, 0.717) is 0 Å². The van der Waals surface area contributed by atoms with Crippen LogP contribution in [0.3, 0.4) is 0 Å². The van der Waals surface area contributed by atoms with E-state index >= 15 is 0 Å². The van der Waals surface area contributed by atoms with E-state index in [4.69, 9.17) is 16.3 Å². The molecule has 2 nitrogen and oxygen atoms in total. The van der Waals surface area contributed by atoms with Crippen molar-refractivity contribution in [3.05, 3.63) is 52.5 Å². The molecular formula is C17H18ClNO. The molecular weight excluding hydrogens is 270 g/mol. The standard InChI is InChI=1S/C17H18ClNO/c1-11-7-13-9-15(10-19-2)20-17(13)16(8-11)12-3-5-14(18)6-4-12/h3-8,15,19H,9-10H2,1-2H3. The van der Waals surface area contributed by atoms with Gasteiger partial charge in [-0.05, 0) is 48.9 Å². The largest absolute Gasteiger partial charge is 0.488 e. The highest BCUT2D eigenvalue weighted by Gasteiger charge is 2.25. The van der Waals surface area contributed by atoms with Crippen LogP contribution >= 0.6 is 11.6 Å². The highest BCUT2D eigenvalue weighted by Crippen LogP contribution is 2.40. The van der Waals surface area contributed by atoms with Crippen molar-refractivity contribution in [3.8, 4) is 16.9 Å². The molecule has 20 heavy (non-hydrogen) atoms. The minimum Gasteiger partial charge on any atom is -0.488 e. The Labute approximate surface area is 124 Å². The summed E-state index contributed by atoms with van der Waals surface area (Å²) < 4.78 is 6.12. The lowest BCUT2D eigenvalue weighted by Crippen LogP contribution is -2.27. The highest BCUT2D eigenvalue weighted by molar-refractivity contribution is 6.30. The molecule has 1 aliphatic rings. The summed E-state index contributed by atoms with van der Waals surface area (Å²) in [5, 5.41) is 3.94. The Bertz CT molecular complexity index is 622. The topological polar surface area (TPSA) is 21.3 Å². The van der Waals surface area contributed by atoms with Crippen LogP contribution in [0.1, 0.15) is 11.1 Å². The third-order valence-corrected chi connectivity index (χ3v) is 3.88. The fourth-order valence-corrected chi connectivity index (χ4v) is 2.90. The first kappa shape index (κ1) is 13.5. The van der Waals surface area contributed by atoms with Crippen molar-refractivity contribution in [3.63, 3.8) is 0 Å². The van der Waals surface area contributed by atoms with Crippen LogP contribution in [0.2, 0.25) is 5.02 Å². The molecule has 0 fully saturated rings. The minimum atomic E-state index is 0.225. The highest BCUT2D eigenvalue weighted by atomic mass is 35.5. The predicted molar refractivity (Wildman–Crippen MR) is 83.7 cm³/mol. The average Bonchev–Trinajstić information content (AvgIpc) is 2.81. The second-order valence-electron chi connectivity index (χ2n) is 5.31. The molecule has 0 amide bonds. The van der Waals surface area contributed by atoms with Gasteiger partial charge in [0.05, 0.1) is 0 Å². The summed E-state index contributed by atoms with van der Waals surface area (Å²) in [6.07, 6.45) is 1.20. The molecule has 104 valence electrons. The quantitative estimate of drug-likeness (QED) is 0.926. The summed E-state index contributed by atoms with van der Waals surface area (Å²) in [6, 6.07) is 12.4. The van der Waals surface area contributed by atoms with Gasteiger partial charge in [-0.2, -0.15) is 0 Å². The summed E-state index contributed by atoms with van der Waals surface area (Å²) in [7, 11) is 1.96. The summed E-state index contributed by atoms with van der Waals surface area (Å²) in [5.41, 5.74) is 4.88. The molecule has 0 spiro atoms. The lowest BCUT2D eigenvalue weighted by molar-refractivity contribution is 0.232. The predicted octanol–water partition coefficient (Wildman–Crippen LogP) is 3.84. The van der Waals surface area contributed by atoms with Crippen molar-refractivity contribution in [1.82, 2.24) is 5.32 Å². The Balaban J connectivity index is 2.03. The molecule has 0 saturated heterocycles. The van der Waals surface area contributed by atoms with Crippen LogP contribution in [0.5, 0.6) is 5.75 Å². The van der Waals surface area contributed by atoms with Crippen LogP contribution in [0.25, 0.3) is 11.1 Å². The van der Waals surface area contributed by atoms with Gasteiger partial charge in [-0.25, -0.2) is 0 Å². The normalized spacial score (nSPS) is 16.9. The second kappa shape index (κ2) is 5.47. The molecule has 3 heteroatoms. The third kappa shape index (κ3) is 2.54. The van der Waals surface area contributed by atoms with Gasteiger partial charge in [-0.15, -0.1) is 0 Å². The first-order valence-corrected chi connectivity index (χ1v) is 7.26. The van der Waals surface area contributed by atoms with Crippen molar-refractivity contribution in [2.75, 3.05) is 13.6 Å². The van der Waals surface area contributed by atoms with E-state index in [1.54, 1.807) is 0 Å². The van der Waals surface area contributed by atoms with E-state index < -0.39 is 0 Å². The second-order valence-corrected chi connectivity index (χ2v) is 5.75. The van der Waals surface area contributed by atoms with Crippen LogP contribution in [-0.4, -0.2) is 19.7 Å². The molecule has 3 rings (SSSR count). The van der Waals surface area contributed by atoms with Crippen LogP contribution in [0.4, 0.5) is 0 Å². The van der Waals surface area contributed by atoms with Crippen LogP contribution in [0.15, 0.2) is 36.4 Å². The van der Waals surface area contributed by atoms with Gasteiger partial charge in [0.25, 0.3) is 0 Å². The maximum Gasteiger partial charge on any atom is 0.130 e. The molecule has 0 aromatic heterocycles. The maximum absolute atomic E-state index is 6.12. The number of nitrogens with one attached hydrogen (secondary N) is 1. The number of fused-ring (bicyclic) bond motifs is 1. The third-order valence-electron chi connectivity index (χ3n) is 3.63. The Kier molecular flexibility index (Phi) is 3.68. The summed E-state index contributed by atoms with van der Waals surface area (Å²) >= 11 is 5.97. The van der Waals surface area contributed by atoms with E-state index in [9.17, 15) is 0 Å². The fraction of sp³-hybridized carbons (Fsp3) is 0.294. The maximum atomic E-state index is 6.12. The van der Waals surface area contributed by atoms with E-state index in [2.05, 4.69) is 24.4 Å². The molecule has 0 radical (unpaired) electrons. The first-order chi connectivity index (χ1) is 9.67. The molecule has 0 saturated carbocycles. The number of hydrogen-bond donors (Lipinski definition) is 1. The molecule has 1 heterocycles. The van der Waals surface area contributed by atoms with Crippen molar-refractivity contribution in [2.24, 2.45) is 0 Å².